The van der Waals surface area contributed by atoms with Gasteiger partial charge in [-0.2, -0.15) is 0 Å². The Kier molecular flexibility index (Phi) is 5.54. The average molecular weight is 411 g/mol. The van der Waals surface area contributed by atoms with Crippen LogP contribution in [0.25, 0.3) is 10.2 Å². The fourth-order valence-electron chi connectivity index (χ4n) is 3.92. The summed E-state index contributed by atoms with van der Waals surface area (Å²) in [7, 11) is 0. The number of nitrogens with zero attached hydrogens (tertiary/aromatic N) is 1. The fourth-order valence-corrected chi connectivity index (χ4v) is 4.88. The van der Waals surface area contributed by atoms with E-state index in [9.17, 15) is 4.79 Å². The highest BCUT2D eigenvalue weighted by atomic mass is 32.1. The van der Waals surface area contributed by atoms with E-state index in [1.165, 1.54) is 16.0 Å². The molecule has 4 nitrogen and oxygen atoms in total. The van der Waals surface area contributed by atoms with Crippen LogP contribution in [0.4, 0.5) is 0 Å². The molecule has 1 saturated heterocycles. The van der Waals surface area contributed by atoms with Gasteiger partial charge >= 0.3 is 0 Å². The first-order chi connectivity index (χ1) is 13.8. The lowest BCUT2D eigenvalue weighted by Gasteiger charge is -2.19. The number of thiophene rings is 1. The van der Waals surface area contributed by atoms with Crippen LogP contribution in [0.15, 0.2) is 36.4 Å². The van der Waals surface area contributed by atoms with Gasteiger partial charge in [-0.05, 0) is 48.4 Å². The summed E-state index contributed by atoms with van der Waals surface area (Å²) in [5.41, 5.74) is 4.52. The lowest BCUT2D eigenvalue weighted by Crippen LogP contribution is -2.33. The van der Waals surface area contributed by atoms with Crippen LogP contribution in [0.5, 0.6) is 0 Å². The summed E-state index contributed by atoms with van der Waals surface area (Å²) in [5, 5.41) is 3.08. The number of amides is 1. The van der Waals surface area contributed by atoms with Gasteiger partial charge in [0.05, 0.1) is 16.3 Å². The molecule has 1 aliphatic rings. The fraction of sp³-hybridized carbons (Fsp3) is 0.458. The molecule has 1 fully saturated rings. The van der Waals surface area contributed by atoms with Gasteiger partial charge in [0.15, 0.2) is 0 Å². The molecule has 0 unspecified atom stereocenters. The topological polar surface area (TPSA) is 43.3 Å². The Labute approximate surface area is 176 Å². The summed E-state index contributed by atoms with van der Waals surface area (Å²) in [6.45, 7) is 10.9. The average Bonchev–Trinajstić information content (AvgIpc) is 3.37. The number of carbonyl (C=O) groups excluding carboxylic acids is 1. The molecule has 0 bridgehead atoms. The number of rotatable bonds is 5. The van der Waals surface area contributed by atoms with E-state index < -0.39 is 0 Å². The summed E-state index contributed by atoms with van der Waals surface area (Å²) >= 11 is 1.74. The van der Waals surface area contributed by atoms with E-state index in [0.29, 0.717) is 13.1 Å². The van der Waals surface area contributed by atoms with Gasteiger partial charge in [-0.25, -0.2) is 0 Å². The monoisotopic (exact) mass is 410 g/mol. The molecule has 1 N–H and O–H groups in total. The zero-order chi connectivity index (χ0) is 20.6. The molecule has 0 saturated carbocycles. The molecule has 4 rings (SSSR count). The smallest absolute Gasteiger partial charge is 0.268 e. The quantitative estimate of drug-likeness (QED) is 0.623. The Hall–Kier alpha value is -2.11. The Bertz CT molecular complexity index is 1000. The molecule has 1 amide bonds. The highest BCUT2D eigenvalue weighted by Crippen LogP contribution is 2.30. The largest absolute Gasteiger partial charge is 0.376 e. The van der Waals surface area contributed by atoms with Crippen molar-refractivity contribution in [1.29, 1.82) is 0 Å². The Morgan fingerprint density at radius 2 is 2.00 bits per heavy atom. The van der Waals surface area contributed by atoms with Crippen LogP contribution < -0.4 is 5.32 Å². The molecule has 1 aromatic carbocycles. The number of carbonyl (C=O) groups is 1. The maximum Gasteiger partial charge on any atom is 0.268 e. The van der Waals surface area contributed by atoms with Crippen molar-refractivity contribution in [2.24, 2.45) is 0 Å². The lowest BCUT2D eigenvalue weighted by atomic mass is 9.87. The minimum atomic E-state index is -0.0205. The molecule has 29 heavy (non-hydrogen) atoms. The van der Waals surface area contributed by atoms with E-state index in [-0.39, 0.29) is 17.4 Å². The van der Waals surface area contributed by atoms with Gasteiger partial charge in [-0.1, -0.05) is 45.0 Å². The molecule has 3 heterocycles. The summed E-state index contributed by atoms with van der Waals surface area (Å²) in [5.74, 6) is -0.0205. The highest BCUT2D eigenvalue weighted by Gasteiger charge is 2.21. The van der Waals surface area contributed by atoms with Crippen LogP contribution in [-0.4, -0.2) is 29.7 Å². The van der Waals surface area contributed by atoms with Crippen LogP contribution in [0.3, 0.4) is 0 Å². The van der Waals surface area contributed by atoms with Crippen molar-refractivity contribution in [3.63, 3.8) is 0 Å². The number of hydrogen-bond donors (Lipinski definition) is 1. The van der Waals surface area contributed by atoms with Gasteiger partial charge in [0.2, 0.25) is 0 Å². The number of aryl methyl sites for hydroxylation is 1. The van der Waals surface area contributed by atoms with Crippen molar-refractivity contribution >= 4 is 27.5 Å². The van der Waals surface area contributed by atoms with E-state index in [1.807, 2.05) is 6.07 Å². The van der Waals surface area contributed by atoms with E-state index in [1.54, 1.807) is 11.3 Å². The molecule has 1 aliphatic heterocycles. The predicted molar refractivity (Wildman–Crippen MR) is 120 cm³/mol. The van der Waals surface area contributed by atoms with E-state index >= 15 is 0 Å². The third-order valence-electron chi connectivity index (χ3n) is 5.62. The summed E-state index contributed by atoms with van der Waals surface area (Å²) < 4.78 is 8.96. The predicted octanol–water partition coefficient (Wildman–Crippen LogP) is 5.27. The first-order valence-corrected chi connectivity index (χ1v) is 11.2. The van der Waals surface area contributed by atoms with Crippen LogP contribution >= 0.6 is 11.3 Å². The number of nitrogens with one attached hydrogen (secondary N) is 1. The standard InChI is InChI=1S/C24H30N2O2S/c1-16-12-20-22(29-16)13-21(23(27)25-14-19-6-5-11-28-19)26(20)15-17-7-9-18(10-8-17)24(2,3)4/h7-10,12-13,19H,5-6,11,14-15H2,1-4H3,(H,25,27)/t19-/m1/s1. The van der Waals surface area contributed by atoms with E-state index in [2.05, 4.69) is 67.9 Å². The molecule has 5 heteroatoms. The van der Waals surface area contributed by atoms with Gasteiger partial charge < -0.3 is 14.6 Å². The van der Waals surface area contributed by atoms with Crippen molar-refractivity contribution in [3.05, 3.63) is 58.1 Å². The molecule has 1 atom stereocenters. The van der Waals surface area contributed by atoms with Crippen molar-refractivity contribution in [1.82, 2.24) is 9.88 Å². The molecule has 154 valence electrons. The summed E-state index contributed by atoms with van der Waals surface area (Å²) in [4.78, 5) is 14.2. The summed E-state index contributed by atoms with van der Waals surface area (Å²) in [6, 6.07) is 13.0. The molecular weight excluding hydrogens is 380 g/mol. The Morgan fingerprint density at radius 1 is 1.24 bits per heavy atom. The summed E-state index contributed by atoms with van der Waals surface area (Å²) in [6.07, 6.45) is 2.25. The highest BCUT2D eigenvalue weighted by molar-refractivity contribution is 7.19. The molecule has 2 aromatic heterocycles. The van der Waals surface area contributed by atoms with E-state index in [0.717, 1.165) is 35.4 Å². The number of hydrogen-bond acceptors (Lipinski definition) is 3. The van der Waals surface area contributed by atoms with Crippen molar-refractivity contribution in [2.75, 3.05) is 13.2 Å². The SMILES string of the molecule is Cc1cc2c(cc(C(=O)NC[C@H]3CCCO3)n2Cc2ccc(C(C)(C)C)cc2)s1. The number of fused-ring (bicyclic) bond motifs is 1. The third kappa shape index (κ3) is 4.41. The second kappa shape index (κ2) is 7.96. The van der Waals surface area contributed by atoms with Gasteiger partial charge in [0, 0.05) is 24.6 Å². The maximum absolute atomic E-state index is 13.0. The number of benzene rings is 1. The van der Waals surface area contributed by atoms with Crippen LogP contribution in [-0.2, 0) is 16.7 Å². The van der Waals surface area contributed by atoms with Crippen LogP contribution in [0.1, 0.15) is 60.1 Å². The van der Waals surface area contributed by atoms with Gasteiger partial charge in [-0.15, -0.1) is 11.3 Å². The number of ether oxygens (including phenoxy) is 1. The molecule has 0 radical (unpaired) electrons. The minimum absolute atomic E-state index is 0.0205. The zero-order valence-electron chi connectivity index (χ0n) is 17.7. The molecule has 0 aliphatic carbocycles. The van der Waals surface area contributed by atoms with Gasteiger partial charge in [0.25, 0.3) is 5.91 Å². The Morgan fingerprint density at radius 3 is 2.66 bits per heavy atom. The normalized spacial score (nSPS) is 17.2. The Balaban J connectivity index is 1.59. The van der Waals surface area contributed by atoms with Gasteiger partial charge in [-0.3, -0.25) is 4.79 Å². The molecule has 0 spiro atoms. The van der Waals surface area contributed by atoms with E-state index in [4.69, 9.17) is 4.74 Å². The first-order valence-electron chi connectivity index (χ1n) is 10.4. The first kappa shape index (κ1) is 20.2. The lowest BCUT2D eigenvalue weighted by molar-refractivity contribution is 0.0851. The van der Waals surface area contributed by atoms with Crippen molar-refractivity contribution < 1.29 is 9.53 Å². The minimum Gasteiger partial charge on any atom is -0.376 e. The molecule has 3 aromatic rings. The number of aromatic nitrogens is 1. The van der Waals surface area contributed by atoms with Crippen molar-refractivity contribution in [3.8, 4) is 0 Å². The van der Waals surface area contributed by atoms with Crippen LogP contribution in [0.2, 0.25) is 0 Å². The molecular formula is C24H30N2O2S. The van der Waals surface area contributed by atoms with Gasteiger partial charge in [0.1, 0.15) is 5.69 Å². The second-order valence-electron chi connectivity index (χ2n) is 9.01. The zero-order valence-corrected chi connectivity index (χ0v) is 18.6. The van der Waals surface area contributed by atoms with Crippen LogP contribution in [0, 0.1) is 6.92 Å². The van der Waals surface area contributed by atoms with Crippen molar-refractivity contribution in [2.45, 2.75) is 58.6 Å². The maximum atomic E-state index is 13.0. The third-order valence-corrected chi connectivity index (χ3v) is 6.61. The second-order valence-corrected chi connectivity index (χ2v) is 10.3.